The Morgan fingerprint density at radius 2 is 2.24 bits per heavy atom. The highest BCUT2D eigenvalue weighted by Crippen LogP contribution is 2.18. The number of hydrogen-bond acceptors (Lipinski definition) is 2. The quantitative estimate of drug-likeness (QED) is 0.839. The van der Waals surface area contributed by atoms with Crippen LogP contribution in [0.4, 0.5) is 0 Å². The monoisotopic (exact) mass is 231 g/mol. The number of aromatic nitrogens is 1. The van der Waals surface area contributed by atoms with Crippen molar-refractivity contribution in [3.63, 3.8) is 0 Å². The smallest absolute Gasteiger partial charge is 0.254 e. The Balaban J connectivity index is 2.27. The Morgan fingerprint density at radius 1 is 1.41 bits per heavy atom. The predicted octanol–water partition coefficient (Wildman–Crippen LogP) is 1.59. The van der Waals surface area contributed by atoms with E-state index in [0.717, 1.165) is 22.9 Å². The van der Waals surface area contributed by atoms with Crippen LogP contribution in [0.2, 0.25) is 0 Å². The predicted molar refractivity (Wildman–Crippen MR) is 68.9 cm³/mol. The summed E-state index contributed by atoms with van der Waals surface area (Å²) in [7, 11) is 1.81. The Kier molecular flexibility index (Phi) is 3.44. The molecule has 0 atom stereocenters. The lowest BCUT2D eigenvalue weighted by Gasteiger charge is -2.17. The van der Waals surface area contributed by atoms with Crippen molar-refractivity contribution >= 4 is 16.8 Å². The van der Waals surface area contributed by atoms with Crippen LogP contribution >= 0.6 is 0 Å². The lowest BCUT2D eigenvalue weighted by Crippen LogP contribution is -2.29. The van der Waals surface area contributed by atoms with Gasteiger partial charge in [0.15, 0.2) is 0 Å². The molecule has 0 radical (unpaired) electrons. The number of aromatic amines is 1. The minimum Gasteiger partial charge on any atom is -0.361 e. The van der Waals surface area contributed by atoms with Gasteiger partial charge in [-0.3, -0.25) is 4.79 Å². The summed E-state index contributed by atoms with van der Waals surface area (Å²) in [5.74, 6) is 0.0450. The first-order valence-corrected chi connectivity index (χ1v) is 5.75. The molecule has 3 N–H and O–H groups in total. The second kappa shape index (κ2) is 5.01. The van der Waals surface area contributed by atoms with Gasteiger partial charge in [0, 0.05) is 36.3 Å². The van der Waals surface area contributed by atoms with Gasteiger partial charge in [-0.2, -0.15) is 0 Å². The molecule has 90 valence electrons. The van der Waals surface area contributed by atoms with Crippen LogP contribution in [-0.2, 0) is 0 Å². The molecule has 1 aromatic carbocycles. The lowest BCUT2D eigenvalue weighted by molar-refractivity contribution is 0.0796. The molecule has 0 aliphatic heterocycles. The molecule has 17 heavy (non-hydrogen) atoms. The van der Waals surface area contributed by atoms with Crippen molar-refractivity contribution < 1.29 is 4.79 Å². The SMILES string of the molecule is CN(CCCN)C(=O)c1cccc2[nH]ccc12. The largest absolute Gasteiger partial charge is 0.361 e. The van der Waals surface area contributed by atoms with E-state index in [1.54, 1.807) is 4.90 Å². The second-order valence-electron chi connectivity index (χ2n) is 4.11. The number of amides is 1. The summed E-state index contributed by atoms with van der Waals surface area (Å²) in [6, 6.07) is 7.64. The second-order valence-corrected chi connectivity index (χ2v) is 4.11. The highest BCUT2D eigenvalue weighted by molar-refractivity contribution is 6.06. The van der Waals surface area contributed by atoms with Crippen LogP contribution in [0.5, 0.6) is 0 Å². The first-order valence-electron chi connectivity index (χ1n) is 5.75. The molecule has 1 amide bonds. The van der Waals surface area contributed by atoms with Gasteiger partial charge in [-0.1, -0.05) is 6.07 Å². The summed E-state index contributed by atoms with van der Waals surface area (Å²) in [5, 5.41) is 0.970. The number of nitrogens with two attached hydrogens (primary N) is 1. The number of nitrogens with one attached hydrogen (secondary N) is 1. The van der Waals surface area contributed by atoms with Crippen LogP contribution in [0.1, 0.15) is 16.8 Å². The van der Waals surface area contributed by atoms with Gasteiger partial charge in [0.25, 0.3) is 5.91 Å². The molecule has 4 nitrogen and oxygen atoms in total. The lowest BCUT2D eigenvalue weighted by atomic mass is 10.1. The van der Waals surface area contributed by atoms with Crippen LogP contribution in [-0.4, -0.2) is 35.9 Å². The number of fused-ring (bicyclic) bond motifs is 1. The minimum absolute atomic E-state index is 0.0450. The molecule has 1 aromatic heterocycles. The zero-order valence-electron chi connectivity index (χ0n) is 9.94. The molecule has 0 aliphatic carbocycles. The zero-order valence-corrected chi connectivity index (χ0v) is 9.94. The number of carbonyl (C=O) groups excluding carboxylic acids is 1. The van der Waals surface area contributed by atoms with E-state index in [1.807, 2.05) is 37.5 Å². The fourth-order valence-corrected chi connectivity index (χ4v) is 1.91. The third-order valence-electron chi connectivity index (χ3n) is 2.87. The third-order valence-corrected chi connectivity index (χ3v) is 2.87. The fraction of sp³-hybridized carbons (Fsp3) is 0.308. The molecule has 0 bridgehead atoms. The van der Waals surface area contributed by atoms with Crippen molar-refractivity contribution in [2.45, 2.75) is 6.42 Å². The summed E-state index contributed by atoms with van der Waals surface area (Å²) in [4.78, 5) is 17.1. The molecule has 0 saturated heterocycles. The van der Waals surface area contributed by atoms with Gasteiger partial charge < -0.3 is 15.6 Å². The Hall–Kier alpha value is -1.81. The molecule has 0 spiro atoms. The highest BCUT2D eigenvalue weighted by Gasteiger charge is 2.14. The van der Waals surface area contributed by atoms with Crippen molar-refractivity contribution in [2.75, 3.05) is 20.1 Å². The molecule has 0 fully saturated rings. The van der Waals surface area contributed by atoms with Crippen LogP contribution in [0.15, 0.2) is 30.5 Å². The maximum absolute atomic E-state index is 12.2. The number of nitrogens with zero attached hydrogens (tertiary/aromatic N) is 1. The van der Waals surface area contributed by atoms with Gasteiger partial charge >= 0.3 is 0 Å². The Labute approximate surface area is 100 Å². The molecular weight excluding hydrogens is 214 g/mol. The molecule has 0 unspecified atom stereocenters. The molecular formula is C13H17N3O. The normalized spacial score (nSPS) is 10.7. The number of hydrogen-bond donors (Lipinski definition) is 2. The van der Waals surface area contributed by atoms with Gasteiger partial charge in [0.1, 0.15) is 0 Å². The Morgan fingerprint density at radius 3 is 3.00 bits per heavy atom. The average molecular weight is 231 g/mol. The third kappa shape index (κ3) is 2.31. The first-order chi connectivity index (χ1) is 8.24. The molecule has 2 rings (SSSR count). The summed E-state index contributed by atoms with van der Waals surface area (Å²) in [6.07, 6.45) is 2.67. The highest BCUT2D eigenvalue weighted by atomic mass is 16.2. The van der Waals surface area contributed by atoms with E-state index in [4.69, 9.17) is 5.73 Å². The number of H-pyrrole nitrogens is 1. The standard InChI is InChI=1S/C13H17N3O/c1-16(9-3-7-14)13(17)11-4-2-5-12-10(11)6-8-15-12/h2,4-6,8,15H,3,7,9,14H2,1H3. The summed E-state index contributed by atoms with van der Waals surface area (Å²) in [5.41, 5.74) is 7.17. The van der Waals surface area contributed by atoms with E-state index in [1.165, 1.54) is 0 Å². The van der Waals surface area contributed by atoms with Gasteiger partial charge in [0.2, 0.25) is 0 Å². The van der Waals surface area contributed by atoms with E-state index < -0.39 is 0 Å². The van der Waals surface area contributed by atoms with Crippen LogP contribution in [0.25, 0.3) is 10.9 Å². The maximum atomic E-state index is 12.2. The summed E-state index contributed by atoms with van der Waals surface area (Å²) >= 11 is 0. The molecule has 1 heterocycles. The van der Waals surface area contributed by atoms with Crippen molar-refractivity contribution in [2.24, 2.45) is 5.73 Å². The summed E-state index contributed by atoms with van der Waals surface area (Å²) < 4.78 is 0. The molecule has 2 aromatic rings. The van der Waals surface area contributed by atoms with Crippen molar-refractivity contribution in [1.29, 1.82) is 0 Å². The maximum Gasteiger partial charge on any atom is 0.254 e. The van der Waals surface area contributed by atoms with Crippen molar-refractivity contribution in [1.82, 2.24) is 9.88 Å². The number of carbonyl (C=O) groups is 1. The van der Waals surface area contributed by atoms with E-state index >= 15 is 0 Å². The molecule has 4 heteroatoms. The van der Waals surface area contributed by atoms with E-state index in [0.29, 0.717) is 13.1 Å². The molecule has 0 aliphatic rings. The van der Waals surface area contributed by atoms with Gasteiger partial charge in [0.05, 0.1) is 0 Å². The molecule has 0 saturated carbocycles. The van der Waals surface area contributed by atoms with E-state index in [9.17, 15) is 4.79 Å². The zero-order chi connectivity index (χ0) is 12.3. The summed E-state index contributed by atoms with van der Waals surface area (Å²) in [6.45, 7) is 1.29. The first kappa shape index (κ1) is 11.7. The van der Waals surface area contributed by atoms with Crippen LogP contribution in [0.3, 0.4) is 0 Å². The van der Waals surface area contributed by atoms with E-state index in [2.05, 4.69) is 4.98 Å². The van der Waals surface area contributed by atoms with Crippen LogP contribution < -0.4 is 5.73 Å². The average Bonchev–Trinajstić information content (AvgIpc) is 2.82. The van der Waals surface area contributed by atoms with Crippen molar-refractivity contribution in [3.05, 3.63) is 36.0 Å². The topological polar surface area (TPSA) is 62.1 Å². The van der Waals surface area contributed by atoms with Crippen molar-refractivity contribution in [3.8, 4) is 0 Å². The van der Waals surface area contributed by atoms with E-state index in [-0.39, 0.29) is 5.91 Å². The fourth-order valence-electron chi connectivity index (χ4n) is 1.91. The number of rotatable bonds is 4. The van der Waals surface area contributed by atoms with Gasteiger partial charge in [-0.05, 0) is 31.2 Å². The van der Waals surface area contributed by atoms with Crippen LogP contribution in [0, 0.1) is 0 Å². The Bertz CT molecular complexity index is 518. The minimum atomic E-state index is 0.0450. The van der Waals surface area contributed by atoms with Gasteiger partial charge in [-0.25, -0.2) is 0 Å². The van der Waals surface area contributed by atoms with Gasteiger partial charge in [-0.15, -0.1) is 0 Å². The number of benzene rings is 1.